The second-order valence-corrected chi connectivity index (χ2v) is 15.2. The van der Waals surface area contributed by atoms with Gasteiger partial charge in [-0.05, 0) is 57.8 Å². The van der Waals surface area contributed by atoms with Crippen molar-refractivity contribution in [3.05, 3.63) is 36.5 Å². The molecule has 0 aliphatic heterocycles. The van der Waals surface area contributed by atoms with Crippen LogP contribution in [-0.4, -0.2) is 59.9 Å². The summed E-state index contributed by atoms with van der Waals surface area (Å²) in [4.78, 5) is 45.8. The Morgan fingerprint density at radius 1 is 0.585 bits per heavy atom. The van der Waals surface area contributed by atoms with Gasteiger partial charge in [0, 0.05) is 12.8 Å². The normalized spacial score (nSPS) is 14.2. The molecular formula is C41H74NO10P. The molecule has 0 fully saturated rings. The third kappa shape index (κ3) is 36.4. The van der Waals surface area contributed by atoms with Gasteiger partial charge in [0.25, 0.3) is 0 Å². The maximum absolute atomic E-state index is 12.5. The Bertz CT molecular complexity index is 1050. The van der Waals surface area contributed by atoms with Crippen molar-refractivity contribution in [3.63, 3.8) is 0 Å². The maximum Gasteiger partial charge on any atom is 0.472 e. The fraction of sp³-hybridized carbons (Fsp3) is 0.780. The van der Waals surface area contributed by atoms with E-state index in [0.717, 1.165) is 51.4 Å². The molecule has 0 saturated heterocycles. The van der Waals surface area contributed by atoms with Gasteiger partial charge >= 0.3 is 25.7 Å². The number of carbonyl (C=O) groups excluding carboxylic acids is 2. The van der Waals surface area contributed by atoms with Gasteiger partial charge in [-0.25, -0.2) is 4.57 Å². The number of unbranched alkanes of at least 4 members (excludes halogenated alkanes) is 18. The molecule has 0 amide bonds. The van der Waals surface area contributed by atoms with Crippen molar-refractivity contribution in [2.24, 2.45) is 5.73 Å². The minimum atomic E-state index is -4.73. The van der Waals surface area contributed by atoms with E-state index in [2.05, 4.69) is 42.7 Å². The third-order valence-electron chi connectivity index (χ3n) is 8.62. The lowest BCUT2D eigenvalue weighted by Gasteiger charge is -2.20. The lowest BCUT2D eigenvalue weighted by molar-refractivity contribution is -0.161. The molecule has 2 unspecified atom stereocenters. The molecule has 3 atom stereocenters. The molecule has 4 N–H and O–H groups in total. The highest BCUT2D eigenvalue weighted by Gasteiger charge is 2.28. The first kappa shape index (κ1) is 50.7. The van der Waals surface area contributed by atoms with Crippen molar-refractivity contribution in [3.8, 4) is 0 Å². The van der Waals surface area contributed by atoms with Gasteiger partial charge in [0.1, 0.15) is 12.6 Å². The number of phosphoric ester groups is 1. The Morgan fingerprint density at radius 2 is 1.04 bits per heavy atom. The number of hydrogen-bond donors (Lipinski definition) is 3. The zero-order valence-electron chi connectivity index (χ0n) is 33.1. The van der Waals surface area contributed by atoms with Crippen molar-refractivity contribution < 1.29 is 47.5 Å². The second kappa shape index (κ2) is 36.7. The third-order valence-corrected chi connectivity index (χ3v) is 9.57. The number of carbonyl (C=O) groups is 3. The van der Waals surface area contributed by atoms with Crippen LogP contribution in [0.25, 0.3) is 0 Å². The molecule has 0 aromatic carbocycles. The van der Waals surface area contributed by atoms with E-state index in [4.69, 9.17) is 24.8 Å². The summed E-state index contributed by atoms with van der Waals surface area (Å²) < 4.78 is 32.5. The minimum Gasteiger partial charge on any atom is -0.480 e. The van der Waals surface area contributed by atoms with Crippen LogP contribution in [-0.2, 0) is 37.5 Å². The first-order chi connectivity index (χ1) is 25.6. The van der Waals surface area contributed by atoms with Crippen LogP contribution in [0.5, 0.6) is 0 Å². The molecule has 0 heterocycles. The predicted octanol–water partition coefficient (Wildman–Crippen LogP) is 10.4. The largest absolute Gasteiger partial charge is 0.480 e. The molecule has 0 aliphatic carbocycles. The number of carboxylic acids is 1. The summed E-state index contributed by atoms with van der Waals surface area (Å²) in [5.41, 5.74) is 5.32. The Labute approximate surface area is 321 Å². The van der Waals surface area contributed by atoms with E-state index < -0.39 is 51.1 Å². The van der Waals surface area contributed by atoms with Gasteiger partial charge < -0.3 is 25.2 Å². The van der Waals surface area contributed by atoms with Gasteiger partial charge in [-0.2, -0.15) is 0 Å². The fourth-order valence-electron chi connectivity index (χ4n) is 5.35. The average Bonchev–Trinajstić information content (AvgIpc) is 3.13. The quantitative estimate of drug-likeness (QED) is 0.0236. The van der Waals surface area contributed by atoms with E-state index in [1.165, 1.54) is 83.5 Å². The van der Waals surface area contributed by atoms with Crippen LogP contribution in [0.2, 0.25) is 0 Å². The first-order valence-corrected chi connectivity index (χ1v) is 22.0. The number of allylic oxidation sites excluding steroid dienone is 6. The molecule has 0 aromatic rings. The van der Waals surface area contributed by atoms with Gasteiger partial charge in [-0.15, -0.1) is 0 Å². The highest BCUT2D eigenvalue weighted by Crippen LogP contribution is 2.43. The topological polar surface area (TPSA) is 172 Å². The highest BCUT2D eigenvalue weighted by atomic mass is 31.2. The summed E-state index contributed by atoms with van der Waals surface area (Å²) in [5.74, 6) is -2.47. The second-order valence-electron chi connectivity index (χ2n) is 13.8. The Kier molecular flexibility index (Phi) is 35.1. The van der Waals surface area contributed by atoms with Gasteiger partial charge in [0.15, 0.2) is 6.10 Å². The average molecular weight is 772 g/mol. The van der Waals surface area contributed by atoms with Gasteiger partial charge in [0.2, 0.25) is 0 Å². The van der Waals surface area contributed by atoms with Gasteiger partial charge in [-0.3, -0.25) is 23.4 Å². The van der Waals surface area contributed by atoms with Crippen molar-refractivity contribution in [1.82, 2.24) is 0 Å². The number of carboxylic acid groups (broad SMARTS) is 1. The first-order valence-electron chi connectivity index (χ1n) is 20.5. The molecule has 0 aromatic heterocycles. The summed E-state index contributed by atoms with van der Waals surface area (Å²) in [6, 6.07) is -1.53. The van der Waals surface area contributed by atoms with Crippen LogP contribution in [0.1, 0.15) is 174 Å². The van der Waals surface area contributed by atoms with Gasteiger partial charge in [0.05, 0.1) is 13.2 Å². The number of phosphoric acid groups is 1. The van der Waals surface area contributed by atoms with E-state index in [1.54, 1.807) is 0 Å². The summed E-state index contributed by atoms with van der Waals surface area (Å²) in [7, 11) is -4.73. The zero-order chi connectivity index (χ0) is 39.3. The maximum atomic E-state index is 12.5. The van der Waals surface area contributed by atoms with Crippen LogP contribution in [0.15, 0.2) is 36.5 Å². The molecule has 11 nitrogen and oxygen atoms in total. The van der Waals surface area contributed by atoms with Crippen LogP contribution in [0, 0.1) is 0 Å². The van der Waals surface area contributed by atoms with Crippen molar-refractivity contribution in [2.45, 2.75) is 187 Å². The van der Waals surface area contributed by atoms with E-state index >= 15 is 0 Å². The molecule has 0 bridgehead atoms. The summed E-state index contributed by atoms with van der Waals surface area (Å²) in [6.07, 6.45) is 38.0. The zero-order valence-corrected chi connectivity index (χ0v) is 34.0. The van der Waals surface area contributed by atoms with E-state index in [0.29, 0.717) is 12.8 Å². The van der Waals surface area contributed by atoms with Crippen molar-refractivity contribution >= 4 is 25.7 Å². The molecule has 0 spiro atoms. The van der Waals surface area contributed by atoms with E-state index in [1.807, 2.05) is 12.2 Å². The van der Waals surface area contributed by atoms with E-state index in [9.17, 15) is 23.8 Å². The fourth-order valence-corrected chi connectivity index (χ4v) is 6.12. The number of esters is 2. The molecular weight excluding hydrogens is 697 g/mol. The summed E-state index contributed by atoms with van der Waals surface area (Å²) in [6.45, 7) is 2.71. The Morgan fingerprint density at radius 3 is 1.57 bits per heavy atom. The van der Waals surface area contributed by atoms with Crippen LogP contribution < -0.4 is 5.73 Å². The SMILES string of the molecule is CCCCCCCC/C=C/C/C=C/CCC(=O)OC(COC(=O)CCCCCCC/C=C/CCCCCCCCC)COP(=O)(O)OC[C@H](N)C(=O)O. The molecule has 53 heavy (non-hydrogen) atoms. The number of nitrogens with two attached hydrogens (primary N) is 1. The minimum absolute atomic E-state index is 0.0537. The number of ether oxygens (including phenoxy) is 2. The lowest BCUT2D eigenvalue weighted by atomic mass is 10.1. The molecule has 0 saturated carbocycles. The molecule has 12 heteroatoms. The van der Waals surface area contributed by atoms with Crippen molar-refractivity contribution in [1.29, 1.82) is 0 Å². The van der Waals surface area contributed by atoms with Crippen molar-refractivity contribution in [2.75, 3.05) is 19.8 Å². The van der Waals surface area contributed by atoms with Crippen LogP contribution in [0.4, 0.5) is 0 Å². The highest BCUT2D eigenvalue weighted by molar-refractivity contribution is 7.47. The smallest absolute Gasteiger partial charge is 0.472 e. The Hall–Kier alpha value is -2.30. The molecule has 0 radical (unpaired) electrons. The Balaban J connectivity index is 4.47. The predicted molar refractivity (Wildman–Crippen MR) is 212 cm³/mol. The molecule has 0 aliphatic rings. The molecule has 0 rings (SSSR count). The summed E-state index contributed by atoms with van der Waals surface area (Å²) >= 11 is 0. The monoisotopic (exact) mass is 772 g/mol. The number of aliphatic carboxylic acids is 1. The number of rotatable bonds is 38. The van der Waals surface area contributed by atoms with Crippen LogP contribution >= 0.6 is 7.82 Å². The van der Waals surface area contributed by atoms with Gasteiger partial charge in [-0.1, -0.05) is 140 Å². The van der Waals surface area contributed by atoms with Crippen LogP contribution in [0.3, 0.4) is 0 Å². The number of hydrogen-bond acceptors (Lipinski definition) is 9. The standard InChI is InChI=1S/C41H74NO10P/c1-3-5-7-9-11-13-15-17-18-19-21-22-24-26-28-30-32-39(43)49-34-37(35-50-53(47,48)51-36-38(42)41(45)46)52-40(44)33-31-29-27-25-23-20-16-14-12-10-8-6-4-2/h18-20,23,27,29,37-38H,3-17,21-22,24-26,28,30-36,42H2,1-2H3,(H,45,46)(H,47,48)/b19-18+,23-20+,29-27+/t37?,38-/m0/s1. The lowest BCUT2D eigenvalue weighted by Crippen LogP contribution is -2.34. The molecule has 308 valence electrons. The van der Waals surface area contributed by atoms with E-state index in [-0.39, 0.29) is 19.4 Å². The summed E-state index contributed by atoms with van der Waals surface area (Å²) in [5, 5.41) is 8.87.